The van der Waals surface area contributed by atoms with E-state index in [1.807, 2.05) is 13.8 Å². The quantitative estimate of drug-likeness (QED) is 0.234. The van der Waals surface area contributed by atoms with Crippen molar-refractivity contribution in [3.63, 3.8) is 0 Å². The first-order valence-corrected chi connectivity index (χ1v) is 14.0. The molecule has 2 fully saturated rings. The summed E-state index contributed by atoms with van der Waals surface area (Å²) in [7, 11) is 0. The Balaban J connectivity index is 0.000000323. The topological polar surface area (TPSA) is 137 Å². The average molecular weight is 534 g/mol. The number of hydrogen-bond acceptors (Lipinski definition) is 7. The van der Waals surface area contributed by atoms with Crippen molar-refractivity contribution in [2.24, 2.45) is 10.4 Å². The third-order valence-electron chi connectivity index (χ3n) is 7.30. The van der Waals surface area contributed by atoms with Crippen LogP contribution < -0.4 is 10.6 Å². The number of carbonyl (C=O) groups excluding carboxylic acids is 2. The van der Waals surface area contributed by atoms with Gasteiger partial charge in [-0.25, -0.2) is 9.59 Å². The summed E-state index contributed by atoms with van der Waals surface area (Å²) in [5.41, 5.74) is -0.167. The van der Waals surface area contributed by atoms with Crippen molar-refractivity contribution in [3.8, 4) is 0 Å². The van der Waals surface area contributed by atoms with E-state index in [4.69, 9.17) is 0 Å². The van der Waals surface area contributed by atoms with E-state index in [9.17, 15) is 24.6 Å². The normalized spacial score (nSPS) is 21.7. The lowest BCUT2D eigenvalue weighted by Crippen LogP contribution is -2.40. The Morgan fingerprint density at radius 3 is 2.11 bits per heavy atom. The van der Waals surface area contributed by atoms with Crippen LogP contribution in [0.3, 0.4) is 0 Å². The van der Waals surface area contributed by atoms with Crippen LogP contribution >= 0.6 is 0 Å². The van der Waals surface area contributed by atoms with Crippen LogP contribution in [0.1, 0.15) is 97.8 Å². The lowest BCUT2D eigenvalue weighted by molar-refractivity contribution is -0.138. The predicted molar refractivity (Wildman–Crippen MR) is 149 cm³/mol. The zero-order chi connectivity index (χ0) is 28.1. The highest BCUT2D eigenvalue weighted by molar-refractivity contribution is 6.22. The van der Waals surface area contributed by atoms with Gasteiger partial charge in [0.05, 0.1) is 12.1 Å². The van der Waals surface area contributed by atoms with Crippen LogP contribution in [-0.2, 0) is 14.3 Å². The number of nitrogens with zero attached hydrogens (tertiary/aromatic N) is 1. The number of aliphatic imine (C=N–C) groups is 1. The lowest BCUT2D eigenvalue weighted by Gasteiger charge is -2.30. The number of Topliss-reactive ketones (excluding diaryl/α,β-unsaturated/α-hetero) is 1. The fourth-order valence-corrected chi connectivity index (χ4v) is 5.42. The van der Waals surface area contributed by atoms with Crippen LogP contribution in [0.25, 0.3) is 0 Å². The second-order valence-corrected chi connectivity index (χ2v) is 11.4. The van der Waals surface area contributed by atoms with Gasteiger partial charge in [0.2, 0.25) is 0 Å². The van der Waals surface area contributed by atoms with Gasteiger partial charge in [0, 0.05) is 30.6 Å². The first-order valence-electron chi connectivity index (χ1n) is 14.0. The van der Waals surface area contributed by atoms with Crippen LogP contribution in [0.15, 0.2) is 29.0 Å². The van der Waals surface area contributed by atoms with E-state index in [1.165, 1.54) is 77.2 Å². The maximum absolute atomic E-state index is 12.3. The van der Waals surface area contributed by atoms with Crippen molar-refractivity contribution < 1.29 is 29.3 Å². The lowest BCUT2D eigenvalue weighted by atomic mass is 9.76. The van der Waals surface area contributed by atoms with Crippen LogP contribution in [0.2, 0.25) is 0 Å². The number of carbonyl (C=O) groups is 3. The number of carboxylic acids is 1. The molecule has 0 unspecified atom stereocenters. The molecule has 3 aliphatic rings. The number of aliphatic carboxylic acids is 1. The van der Waals surface area contributed by atoms with Gasteiger partial charge in [0.15, 0.2) is 11.8 Å². The highest BCUT2D eigenvalue weighted by Crippen LogP contribution is 2.36. The summed E-state index contributed by atoms with van der Waals surface area (Å²) in [4.78, 5) is 38.9. The number of ether oxygens (including phenoxy) is 1. The standard InChI is InChI=1S/C17H24N2O6.C12H23N/c1-5-6-25-16(24)18-9-11(15(22)23)19-10(2)14-12(20)7-17(3,4)8-13(14)21;1-3-7-11(8-4-1)13-12-9-5-2-6-10-12/h5,11,20H,1,6-9H2,2-4H3,(H,18,24)(H,22,23);11-13H,1-10H2/t11-;/m1./s1. The van der Waals surface area contributed by atoms with Crippen molar-refractivity contribution in [3.05, 3.63) is 24.0 Å². The van der Waals surface area contributed by atoms with Crippen LogP contribution in [-0.4, -0.2) is 65.0 Å². The Morgan fingerprint density at radius 2 is 1.63 bits per heavy atom. The number of hydrogen-bond donors (Lipinski definition) is 4. The number of allylic oxidation sites excluding steroid dienone is 2. The molecule has 214 valence electrons. The molecule has 0 aliphatic heterocycles. The van der Waals surface area contributed by atoms with Gasteiger partial charge < -0.3 is 25.6 Å². The van der Waals surface area contributed by atoms with Crippen LogP contribution in [0.5, 0.6) is 0 Å². The van der Waals surface area contributed by atoms with E-state index < -0.39 is 18.1 Å². The molecule has 0 heterocycles. The molecule has 0 bridgehead atoms. The molecule has 0 aromatic heterocycles. The average Bonchev–Trinajstić information content (AvgIpc) is 2.85. The summed E-state index contributed by atoms with van der Waals surface area (Å²) in [5.74, 6) is -1.64. The molecule has 1 atom stereocenters. The molecule has 9 nitrogen and oxygen atoms in total. The van der Waals surface area contributed by atoms with Gasteiger partial charge in [0.1, 0.15) is 12.4 Å². The fraction of sp³-hybridized carbons (Fsp3) is 0.724. The molecule has 1 amide bonds. The number of aliphatic hydroxyl groups excluding tert-OH is 1. The second-order valence-electron chi connectivity index (χ2n) is 11.4. The Labute approximate surface area is 227 Å². The molecule has 0 aromatic carbocycles. The molecule has 2 saturated carbocycles. The number of nitrogens with one attached hydrogen (secondary N) is 2. The van der Waals surface area contributed by atoms with Gasteiger partial charge in [-0.3, -0.25) is 9.79 Å². The Kier molecular flexibility index (Phi) is 13.0. The Morgan fingerprint density at radius 1 is 1.08 bits per heavy atom. The van der Waals surface area contributed by atoms with E-state index in [0.717, 1.165) is 12.1 Å². The summed E-state index contributed by atoms with van der Waals surface area (Å²) in [6.45, 7) is 8.27. The zero-order valence-corrected chi connectivity index (χ0v) is 23.4. The van der Waals surface area contributed by atoms with Gasteiger partial charge in [0.25, 0.3) is 0 Å². The van der Waals surface area contributed by atoms with Crippen molar-refractivity contribution in [2.45, 2.75) is 116 Å². The maximum atomic E-state index is 12.3. The molecular formula is C29H47N3O6. The van der Waals surface area contributed by atoms with Gasteiger partial charge in [-0.1, -0.05) is 65.0 Å². The number of alkyl carbamates (subject to hydrolysis) is 1. The predicted octanol–water partition coefficient (Wildman–Crippen LogP) is 5.26. The highest BCUT2D eigenvalue weighted by atomic mass is 16.5. The van der Waals surface area contributed by atoms with E-state index in [0.29, 0.717) is 6.42 Å². The third-order valence-corrected chi connectivity index (χ3v) is 7.30. The molecule has 0 aromatic rings. The molecular weight excluding hydrogens is 486 g/mol. The number of amides is 1. The van der Waals surface area contributed by atoms with E-state index in [1.54, 1.807) is 0 Å². The van der Waals surface area contributed by atoms with Gasteiger partial charge in [-0.2, -0.15) is 0 Å². The summed E-state index contributed by atoms with van der Waals surface area (Å²) in [5, 5.41) is 25.5. The third kappa shape index (κ3) is 11.0. The Hall–Kier alpha value is -2.68. The van der Waals surface area contributed by atoms with Crippen molar-refractivity contribution in [1.82, 2.24) is 10.6 Å². The van der Waals surface area contributed by atoms with Crippen molar-refractivity contribution in [2.75, 3.05) is 13.2 Å². The number of ketones is 1. The SMILES string of the molecule is C1CCC(NC2CCCCC2)CC1.C=CCOC(=O)NC[C@@H](N=C(C)C1=C(O)CC(C)(C)CC1=O)C(=O)O. The molecule has 0 radical (unpaired) electrons. The summed E-state index contributed by atoms with van der Waals surface area (Å²) >= 11 is 0. The molecule has 3 aliphatic carbocycles. The minimum absolute atomic E-state index is 0.00306. The van der Waals surface area contributed by atoms with Gasteiger partial charge >= 0.3 is 12.1 Å². The second kappa shape index (κ2) is 15.7. The van der Waals surface area contributed by atoms with Crippen LogP contribution in [0, 0.1) is 5.41 Å². The zero-order valence-electron chi connectivity index (χ0n) is 23.4. The van der Waals surface area contributed by atoms with E-state index in [-0.39, 0.29) is 47.8 Å². The van der Waals surface area contributed by atoms with Crippen molar-refractivity contribution >= 4 is 23.6 Å². The molecule has 0 saturated heterocycles. The molecule has 4 N–H and O–H groups in total. The van der Waals surface area contributed by atoms with Crippen LogP contribution in [0.4, 0.5) is 4.79 Å². The number of rotatable bonds is 9. The minimum Gasteiger partial charge on any atom is -0.511 e. The molecule has 3 rings (SSSR count). The van der Waals surface area contributed by atoms with E-state index in [2.05, 4.69) is 26.9 Å². The van der Waals surface area contributed by atoms with Gasteiger partial charge in [-0.05, 0) is 38.0 Å². The highest BCUT2D eigenvalue weighted by Gasteiger charge is 2.34. The molecule has 38 heavy (non-hydrogen) atoms. The first kappa shape index (κ1) is 31.5. The summed E-state index contributed by atoms with van der Waals surface area (Å²) in [6.07, 6.45) is 15.7. The summed E-state index contributed by atoms with van der Waals surface area (Å²) < 4.78 is 4.69. The minimum atomic E-state index is -1.31. The van der Waals surface area contributed by atoms with Crippen molar-refractivity contribution in [1.29, 1.82) is 0 Å². The van der Waals surface area contributed by atoms with Gasteiger partial charge in [-0.15, -0.1) is 0 Å². The maximum Gasteiger partial charge on any atom is 0.407 e. The molecule has 0 spiro atoms. The largest absolute Gasteiger partial charge is 0.511 e. The van der Waals surface area contributed by atoms with E-state index >= 15 is 0 Å². The fourth-order valence-electron chi connectivity index (χ4n) is 5.42. The Bertz CT molecular complexity index is 867. The first-order chi connectivity index (χ1) is 18.0. The number of aliphatic hydroxyl groups is 1. The smallest absolute Gasteiger partial charge is 0.407 e. The monoisotopic (exact) mass is 533 g/mol. The summed E-state index contributed by atoms with van der Waals surface area (Å²) in [6, 6.07) is 0.438. The number of carboxylic acid groups (broad SMARTS) is 1. The molecule has 9 heteroatoms.